The Labute approximate surface area is 193 Å². The van der Waals surface area contributed by atoms with Gasteiger partial charge in [0, 0.05) is 31.3 Å². The zero-order chi connectivity index (χ0) is 21.4. The molecule has 0 spiro atoms. The van der Waals surface area contributed by atoms with Gasteiger partial charge >= 0.3 is 0 Å². The molecule has 0 unspecified atom stereocenters. The first-order valence-electron chi connectivity index (χ1n) is 12.8. The molecule has 2 aromatic rings. The van der Waals surface area contributed by atoms with Gasteiger partial charge in [-0.15, -0.1) is 0 Å². The molecule has 6 rings (SSSR count). The number of hydrogen-bond donors (Lipinski definition) is 0. The molecule has 0 amide bonds. The Bertz CT molecular complexity index is 1000. The Morgan fingerprint density at radius 2 is 1.56 bits per heavy atom. The normalized spacial score (nSPS) is 31.8. The third-order valence-electron chi connectivity index (χ3n) is 8.35. The molecule has 2 nitrogen and oxygen atoms in total. The van der Waals surface area contributed by atoms with Gasteiger partial charge in [0.2, 0.25) is 0 Å². The van der Waals surface area contributed by atoms with Crippen molar-refractivity contribution in [3.8, 4) is 0 Å². The van der Waals surface area contributed by atoms with E-state index in [9.17, 15) is 0 Å². The Morgan fingerprint density at radius 3 is 2.34 bits per heavy atom. The van der Waals surface area contributed by atoms with E-state index >= 15 is 0 Å². The lowest BCUT2D eigenvalue weighted by atomic mass is 9.64. The predicted octanol–water partition coefficient (Wildman–Crippen LogP) is 7.30. The highest BCUT2D eigenvalue weighted by Crippen LogP contribution is 2.58. The van der Waals surface area contributed by atoms with Crippen molar-refractivity contribution in [2.24, 2.45) is 5.92 Å². The van der Waals surface area contributed by atoms with E-state index in [4.69, 9.17) is 4.74 Å². The largest absolute Gasteiger partial charge is 0.472 e. The zero-order valence-corrected chi connectivity index (χ0v) is 19.1. The number of allylic oxidation sites excluding steroid dienone is 2. The Balaban J connectivity index is 1.52. The first-order chi connectivity index (χ1) is 15.9. The monoisotopic (exact) mass is 425 g/mol. The molecule has 32 heavy (non-hydrogen) atoms. The molecule has 3 atom stereocenters. The Morgan fingerprint density at radius 1 is 0.812 bits per heavy atom. The molecule has 1 saturated heterocycles. The van der Waals surface area contributed by atoms with Crippen LogP contribution < -0.4 is 0 Å². The summed E-state index contributed by atoms with van der Waals surface area (Å²) < 4.78 is 7.34. The number of ether oxygens (including phenoxy) is 1. The minimum absolute atomic E-state index is 0.124. The highest BCUT2D eigenvalue weighted by Gasteiger charge is 2.56. The minimum atomic E-state index is -0.124. The molecule has 2 aromatic carbocycles. The summed E-state index contributed by atoms with van der Waals surface area (Å²) in [6.07, 6.45) is 13.6. The van der Waals surface area contributed by atoms with Crippen LogP contribution >= 0.6 is 0 Å². The molecule has 0 radical (unpaired) electrons. The van der Waals surface area contributed by atoms with E-state index in [1.807, 2.05) is 0 Å². The number of hydrogen-bond acceptors (Lipinski definition) is 2. The van der Waals surface area contributed by atoms with Crippen LogP contribution in [-0.4, -0.2) is 23.7 Å². The lowest BCUT2D eigenvalue weighted by Crippen LogP contribution is -2.60. The second-order valence-electron chi connectivity index (χ2n) is 10.2. The van der Waals surface area contributed by atoms with E-state index < -0.39 is 0 Å². The number of fused-ring (bicyclic) bond motifs is 1. The molecular formula is C30H35NO. The maximum absolute atomic E-state index is 7.34. The fourth-order valence-electron chi connectivity index (χ4n) is 6.99. The second kappa shape index (κ2) is 8.56. The van der Waals surface area contributed by atoms with Gasteiger partial charge in [-0.05, 0) is 73.3 Å². The van der Waals surface area contributed by atoms with Crippen molar-refractivity contribution in [1.29, 1.82) is 0 Å². The van der Waals surface area contributed by atoms with Crippen molar-refractivity contribution in [2.45, 2.75) is 69.4 Å². The van der Waals surface area contributed by atoms with Crippen LogP contribution in [0.1, 0.15) is 74.8 Å². The standard InChI is InChI=1S/C30H35NO/c1-3-12-23(13-4-1)22-25-16-11-17-26-28(24-14-5-2-6-15-24)27-18-7-8-19-30(27,32-29(25)26)31-20-9-10-21-31/h1-6,12-15,22,27-28H,7-11,16-21H2/b25-22+/t27-,28-,30-/m0/s1. The summed E-state index contributed by atoms with van der Waals surface area (Å²) in [5.41, 5.74) is 5.66. The molecule has 2 heterocycles. The maximum atomic E-state index is 7.34. The minimum Gasteiger partial charge on any atom is -0.472 e. The fourth-order valence-corrected chi connectivity index (χ4v) is 6.99. The van der Waals surface area contributed by atoms with Gasteiger partial charge in [-0.2, -0.15) is 0 Å². The summed E-state index contributed by atoms with van der Waals surface area (Å²) in [5, 5.41) is 0. The quantitative estimate of drug-likeness (QED) is 0.511. The smallest absolute Gasteiger partial charge is 0.167 e. The third-order valence-corrected chi connectivity index (χ3v) is 8.35. The summed E-state index contributed by atoms with van der Waals surface area (Å²) >= 11 is 0. The summed E-state index contributed by atoms with van der Waals surface area (Å²) in [6, 6.07) is 22.2. The Kier molecular flexibility index (Phi) is 5.43. The van der Waals surface area contributed by atoms with Gasteiger partial charge in [0.05, 0.1) is 0 Å². The van der Waals surface area contributed by atoms with Gasteiger partial charge in [0.25, 0.3) is 0 Å². The zero-order valence-electron chi connectivity index (χ0n) is 19.1. The molecule has 2 aliphatic heterocycles. The van der Waals surface area contributed by atoms with Gasteiger partial charge in [-0.3, -0.25) is 4.90 Å². The lowest BCUT2D eigenvalue weighted by molar-refractivity contribution is -0.190. The van der Waals surface area contributed by atoms with Crippen molar-refractivity contribution in [2.75, 3.05) is 13.1 Å². The van der Waals surface area contributed by atoms with Crippen LogP contribution in [0.2, 0.25) is 0 Å². The van der Waals surface area contributed by atoms with Crippen LogP contribution in [0, 0.1) is 5.92 Å². The number of likely N-dealkylation sites (tertiary alicyclic amines) is 1. The van der Waals surface area contributed by atoms with E-state index in [-0.39, 0.29) is 5.72 Å². The van der Waals surface area contributed by atoms with E-state index in [0.29, 0.717) is 11.8 Å². The summed E-state index contributed by atoms with van der Waals surface area (Å²) in [6.45, 7) is 2.39. The molecular weight excluding hydrogens is 390 g/mol. The molecule has 2 heteroatoms. The number of rotatable bonds is 3. The van der Waals surface area contributed by atoms with E-state index in [1.165, 1.54) is 86.9 Å². The van der Waals surface area contributed by atoms with Crippen molar-refractivity contribution < 1.29 is 4.74 Å². The average Bonchev–Trinajstić information content (AvgIpc) is 3.40. The maximum Gasteiger partial charge on any atom is 0.167 e. The second-order valence-corrected chi connectivity index (χ2v) is 10.2. The molecule has 0 N–H and O–H groups in total. The Hall–Kier alpha value is -2.32. The van der Waals surface area contributed by atoms with Crippen molar-refractivity contribution in [3.05, 3.63) is 88.7 Å². The van der Waals surface area contributed by atoms with E-state index in [2.05, 4.69) is 71.6 Å². The molecule has 0 bridgehead atoms. The predicted molar refractivity (Wildman–Crippen MR) is 131 cm³/mol. The van der Waals surface area contributed by atoms with Gasteiger partial charge in [0.1, 0.15) is 5.76 Å². The van der Waals surface area contributed by atoms with Gasteiger partial charge in [-0.1, -0.05) is 67.1 Å². The van der Waals surface area contributed by atoms with Crippen molar-refractivity contribution in [1.82, 2.24) is 4.90 Å². The highest BCUT2D eigenvalue weighted by molar-refractivity contribution is 5.60. The van der Waals surface area contributed by atoms with E-state index in [1.54, 1.807) is 5.57 Å². The molecule has 0 aromatic heterocycles. The summed E-state index contributed by atoms with van der Waals surface area (Å²) in [7, 11) is 0. The van der Waals surface area contributed by atoms with Crippen LogP contribution in [-0.2, 0) is 4.74 Å². The van der Waals surface area contributed by atoms with Crippen LogP contribution in [0.15, 0.2) is 77.6 Å². The highest BCUT2D eigenvalue weighted by atomic mass is 16.5. The van der Waals surface area contributed by atoms with Crippen LogP contribution in [0.5, 0.6) is 0 Å². The fraction of sp³-hybridized carbons (Fsp3) is 0.467. The van der Waals surface area contributed by atoms with Gasteiger partial charge in [-0.25, -0.2) is 0 Å². The molecule has 4 aliphatic rings. The van der Waals surface area contributed by atoms with Gasteiger partial charge < -0.3 is 4.74 Å². The van der Waals surface area contributed by atoms with Crippen LogP contribution in [0.25, 0.3) is 6.08 Å². The number of benzene rings is 2. The van der Waals surface area contributed by atoms with Crippen LogP contribution in [0.4, 0.5) is 0 Å². The van der Waals surface area contributed by atoms with E-state index in [0.717, 1.165) is 6.42 Å². The first kappa shape index (κ1) is 20.3. The lowest BCUT2D eigenvalue weighted by Gasteiger charge is -2.56. The molecule has 2 fully saturated rings. The summed E-state index contributed by atoms with van der Waals surface area (Å²) in [5.74, 6) is 2.30. The molecule has 1 saturated carbocycles. The van der Waals surface area contributed by atoms with Crippen molar-refractivity contribution >= 4 is 6.08 Å². The SMILES string of the molecule is C(=C1/CCCC2=C1O[C@@]1(N3CCCC3)CCCC[C@H]1[C@H]2c1ccccc1)/c1ccccc1. The third kappa shape index (κ3) is 3.44. The van der Waals surface area contributed by atoms with Crippen LogP contribution in [0.3, 0.4) is 0 Å². The molecule has 166 valence electrons. The van der Waals surface area contributed by atoms with Gasteiger partial charge in [0.15, 0.2) is 5.72 Å². The molecule has 2 aliphatic carbocycles. The average molecular weight is 426 g/mol. The van der Waals surface area contributed by atoms with Crippen molar-refractivity contribution in [3.63, 3.8) is 0 Å². The number of nitrogens with zero attached hydrogens (tertiary/aromatic N) is 1. The first-order valence-corrected chi connectivity index (χ1v) is 12.8. The summed E-state index contributed by atoms with van der Waals surface area (Å²) in [4.78, 5) is 2.74. The topological polar surface area (TPSA) is 12.5 Å².